The lowest BCUT2D eigenvalue weighted by Gasteiger charge is -2.53. The summed E-state index contributed by atoms with van der Waals surface area (Å²) < 4.78 is 16.1. The maximum absolute atomic E-state index is 14.4. The van der Waals surface area contributed by atoms with E-state index in [9.17, 15) is 24.3 Å². The van der Waals surface area contributed by atoms with Crippen LogP contribution in [0.2, 0.25) is 0 Å². The molecule has 11 heteroatoms. The van der Waals surface area contributed by atoms with E-state index in [4.69, 9.17) is 0 Å². The maximum Gasteiger partial charge on any atom is 0.255 e. The Morgan fingerprint density at radius 3 is 2.46 bits per heavy atom. The van der Waals surface area contributed by atoms with Gasteiger partial charge in [-0.1, -0.05) is 0 Å². The second kappa shape index (κ2) is 10.4. The van der Waals surface area contributed by atoms with Crippen LogP contribution in [0, 0.1) is 16.7 Å². The van der Waals surface area contributed by atoms with Gasteiger partial charge in [0.2, 0.25) is 5.91 Å². The van der Waals surface area contributed by atoms with Crippen LogP contribution in [0.3, 0.4) is 0 Å². The monoisotopic (exact) mass is 561 g/mol. The van der Waals surface area contributed by atoms with E-state index in [2.05, 4.69) is 26.8 Å². The molecular weight excluding hydrogens is 525 g/mol. The number of aromatic nitrogens is 3. The number of halogens is 1. The number of carbonyl (C=O) groups excluding carboxylic acids is 2. The number of rotatable bonds is 8. The highest BCUT2D eigenvalue weighted by Gasteiger charge is 2.53. The zero-order valence-electron chi connectivity index (χ0n) is 23.9. The van der Waals surface area contributed by atoms with Crippen molar-refractivity contribution < 1.29 is 19.1 Å². The number of nitriles is 1. The quantitative estimate of drug-likeness (QED) is 0.382. The van der Waals surface area contributed by atoms with Crippen molar-refractivity contribution in [2.45, 2.75) is 69.7 Å². The lowest BCUT2D eigenvalue weighted by atomic mass is 9.56. The fraction of sp³-hybridized carbons (Fsp3) is 0.500. The first-order valence-corrected chi connectivity index (χ1v) is 13.9. The van der Waals surface area contributed by atoms with Gasteiger partial charge in [-0.3, -0.25) is 14.6 Å². The fourth-order valence-electron chi connectivity index (χ4n) is 6.12. The summed E-state index contributed by atoms with van der Waals surface area (Å²) in [5.74, 6) is -0.327. The number of amides is 2. The molecule has 0 saturated heterocycles. The Balaban J connectivity index is 1.47. The summed E-state index contributed by atoms with van der Waals surface area (Å²) in [5, 5.41) is 29.8. The van der Waals surface area contributed by atoms with Crippen molar-refractivity contribution in [3.05, 3.63) is 47.8 Å². The van der Waals surface area contributed by atoms with Gasteiger partial charge in [0.05, 0.1) is 52.1 Å². The third-order valence-electron chi connectivity index (χ3n) is 8.75. The Morgan fingerprint density at radius 1 is 1.17 bits per heavy atom. The SMILES string of the molecule is CN(C)C(=O)C12CCC(Nc3cc(-c4ccc5cc(C#N)cnn45)ncc3C(=O)NC[C@@H](F)C(C)(C)O)(CC1)CC2. The molecule has 3 fully saturated rings. The number of anilines is 1. The molecule has 0 radical (unpaired) electrons. The van der Waals surface area contributed by atoms with Crippen molar-refractivity contribution >= 4 is 23.0 Å². The summed E-state index contributed by atoms with van der Waals surface area (Å²) in [6.07, 6.45) is 5.94. The molecule has 0 aliphatic heterocycles. The van der Waals surface area contributed by atoms with E-state index >= 15 is 0 Å². The third kappa shape index (κ3) is 5.36. The maximum atomic E-state index is 14.4. The Morgan fingerprint density at radius 2 is 1.85 bits per heavy atom. The summed E-state index contributed by atoms with van der Waals surface area (Å²) in [7, 11) is 3.60. The number of nitrogens with one attached hydrogen (secondary N) is 2. The van der Waals surface area contributed by atoms with Gasteiger partial charge < -0.3 is 20.6 Å². The zero-order valence-corrected chi connectivity index (χ0v) is 23.9. The lowest BCUT2D eigenvalue weighted by Crippen LogP contribution is -2.55. The van der Waals surface area contributed by atoms with Crippen LogP contribution < -0.4 is 10.6 Å². The topological polar surface area (TPSA) is 136 Å². The van der Waals surface area contributed by atoms with Crippen molar-refractivity contribution in [1.82, 2.24) is 24.8 Å². The molecule has 3 saturated carbocycles. The van der Waals surface area contributed by atoms with E-state index in [0.717, 1.165) is 44.0 Å². The molecule has 6 rings (SSSR count). The summed E-state index contributed by atoms with van der Waals surface area (Å²) in [4.78, 5) is 32.5. The minimum absolute atomic E-state index is 0.178. The minimum atomic E-state index is -1.65. The number of pyridine rings is 1. The molecule has 0 aromatic carbocycles. The van der Waals surface area contributed by atoms with Crippen molar-refractivity contribution in [3.8, 4) is 17.5 Å². The molecule has 3 heterocycles. The van der Waals surface area contributed by atoms with E-state index in [1.54, 1.807) is 35.6 Å². The van der Waals surface area contributed by atoms with Crippen LogP contribution in [0.1, 0.15) is 68.3 Å². The molecule has 3 aromatic heterocycles. The van der Waals surface area contributed by atoms with Crippen LogP contribution in [0.25, 0.3) is 16.9 Å². The van der Waals surface area contributed by atoms with E-state index in [-0.39, 0.29) is 29.0 Å². The highest BCUT2D eigenvalue weighted by Crippen LogP contribution is 2.54. The van der Waals surface area contributed by atoms with Crippen molar-refractivity contribution in [3.63, 3.8) is 0 Å². The van der Waals surface area contributed by atoms with E-state index in [1.807, 2.05) is 12.1 Å². The summed E-state index contributed by atoms with van der Waals surface area (Å²) in [5.41, 5.74) is 1.04. The molecule has 3 N–H and O–H groups in total. The number of fused-ring (bicyclic) bond motifs is 4. The molecule has 2 amide bonds. The third-order valence-corrected chi connectivity index (χ3v) is 8.75. The van der Waals surface area contributed by atoms with Crippen LogP contribution in [0.4, 0.5) is 10.1 Å². The first-order valence-electron chi connectivity index (χ1n) is 13.9. The van der Waals surface area contributed by atoms with Crippen molar-refractivity contribution in [1.29, 1.82) is 5.26 Å². The van der Waals surface area contributed by atoms with Crippen molar-refractivity contribution in [2.75, 3.05) is 26.0 Å². The average molecular weight is 562 g/mol. The number of aliphatic hydroxyl groups is 1. The van der Waals surface area contributed by atoms with Gasteiger partial charge in [-0.05, 0) is 76.6 Å². The van der Waals surface area contributed by atoms with Gasteiger partial charge in [0, 0.05) is 31.2 Å². The molecule has 216 valence electrons. The Kier molecular flexibility index (Phi) is 7.24. The number of nitrogens with zero attached hydrogens (tertiary/aromatic N) is 5. The van der Waals surface area contributed by atoms with Gasteiger partial charge in [0.15, 0.2) is 0 Å². The molecule has 0 unspecified atom stereocenters. The Labute approximate surface area is 238 Å². The standard InChI is InChI=1S/C30H36FN7O3/c1-28(2,41)25(31)18-34-26(39)21-17-33-23(24-6-5-20-13-19(15-32)16-35-38(20)24)14-22(21)36-30-10-7-29(8-11-30,9-12-30)27(40)37(3)4/h5-6,13-14,16-17,25,41H,7-12,18H2,1-4H3,(H,33,36)(H,34,39)/t25-,29?,30?/m1/s1. The van der Waals surface area contributed by atoms with Gasteiger partial charge in [-0.2, -0.15) is 10.4 Å². The highest BCUT2D eigenvalue weighted by molar-refractivity contribution is 6.00. The smallest absolute Gasteiger partial charge is 0.255 e. The number of carbonyl (C=O) groups is 2. The van der Waals surface area contributed by atoms with Crippen LogP contribution in [0.15, 0.2) is 36.7 Å². The molecule has 0 spiro atoms. The van der Waals surface area contributed by atoms with Gasteiger partial charge in [-0.25, -0.2) is 8.91 Å². The van der Waals surface area contributed by atoms with Crippen LogP contribution >= 0.6 is 0 Å². The van der Waals surface area contributed by atoms with Crippen LogP contribution in [-0.2, 0) is 4.79 Å². The largest absolute Gasteiger partial charge is 0.387 e. The molecule has 2 bridgehead atoms. The molecule has 1 atom stereocenters. The van der Waals surface area contributed by atoms with Gasteiger partial charge in [-0.15, -0.1) is 0 Å². The van der Waals surface area contributed by atoms with Gasteiger partial charge in [0.25, 0.3) is 5.91 Å². The summed E-state index contributed by atoms with van der Waals surface area (Å²) >= 11 is 0. The average Bonchev–Trinajstić information content (AvgIpc) is 3.38. The first-order chi connectivity index (χ1) is 19.4. The number of alkyl halides is 1. The lowest BCUT2D eigenvalue weighted by molar-refractivity contribution is -0.145. The number of hydrogen-bond donors (Lipinski definition) is 3. The van der Waals surface area contributed by atoms with E-state index in [1.165, 1.54) is 26.2 Å². The highest BCUT2D eigenvalue weighted by atomic mass is 19.1. The first kappa shape index (κ1) is 28.5. The molecule has 3 aromatic rings. The van der Waals surface area contributed by atoms with Gasteiger partial charge in [0.1, 0.15) is 12.2 Å². The zero-order chi connectivity index (χ0) is 29.6. The van der Waals surface area contributed by atoms with E-state index in [0.29, 0.717) is 22.6 Å². The predicted molar refractivity (Wildman–Crippen MR) is 152 cm³/mol. The normalized spacial score (nSPS) is 22.7. The summed E-state index contributed by atoms with van der Waals surface area (Å²) in [6, 6.07) is 9.33. The fourth-order valence-corrected chi connectivity index (χ4v) is 6.12. The summed E-state index contributed by atoms with van der Waals surface area (Å²) in [6.45, 7) is 2.36. The molecule has 41 heavy (non-hydrogen) atoms. The van der Waals surface area contributed by atoms with Crippen LogP contribution in [0.5, 0.6) is 0 Å². The van der Waals surface area contributed by atoms with Crippen molar-refractivity contribution in [2.24, 2.45) is 5.41 Å². The number of hydrogen-bond acceptors (Lipinski definition) is 7. The van der Waals surface area contributed by atoms with E-state index < -0.39 is 17.7 Å². The predicted octanol–water partition coefficient (Wildman–Crippen LogP) is 3.70. The molecule has 3 aliphatic carbocycles. The molecule has 10 nitrogen and oxygen atoms in total. The van der Waals surface area contributed by atoms with Gasteiger partial charge >= 0.3 is 0 Å². The second-order valence-electron chi connectivity index (χ2n) is 12.2. The minimum Gasteiger partial charge on any atom is -0.387 e. The van der Waals surface area contributed by atoms with Crippen LogP contribution in [-0.4, -0.2) is 74.4 Å². The molecule has 3 aliphatic rings. The second-order valence-corrected chi connectivity index (χ2v) is 12.2. The molecular formula is C30H36FN7O3. The Bertz CT molecular complexity index is 1510. The Hall–Kier alpha value is -4.04.